The minimum absolute atomic E-state index is 0.124. The SMILES string of the molecule is CCOC(=O)c1ccc(N(C(=O)Cc2cccs2)[C@@H](C(=O)NC2CCCCC2)c2cccs2)cc1. The van der Waals surface area contributed by atoms with Gasteiger partial charge in [0.05, 0.1) is 18.6 Å². The van der Waals surface area contributed by atoms with Gasteiger partial charge in [0.1, 0.15) is 6.04 Å². The van der Waals surface area contributed by atoms with Gasteiger partial charge in [-0.25, -0.2) is 4.79 Å². The van der Waals surface area contributed by atoms with Crippen molar-refractivity contribution in [1.82, 2.24) is 5.32 Å². The Morgan fingerprint density at radius 1 is 1.00 bits per heavy atom. The van der Waals surface area contributed by atoms with Gasteiger partial charge in [0.15, 0.2) is 0 Å². The van der Waals surface area contributed by atoms with Crippen LogP contribution in [0.1, 0.15) is 65.2 Å². The second kappa shape index (κ2) is 12.1. The summed E-state index contributed by atoms with van der Waals surface area (Å²) in [4.78, 5) is 42.9. The smallest absolute Gasteiger partial charge is 0.338 e. The zero-order valence-corrected chi connectivity index (χ0v) is 21.4. The molecule has 184 valence electrons. The molecule has 0 aliphatic heterocycles. The Bertz CT molecular complexity index is 1100. The number of ether oxygens (including phenoxy) is 1. The van der Waals surface area contributed by atoms with Crippen molar-refractivity contribution < 1.29 is 19.1 Å². The third-order valence-corrected chi connectivity index (χ3v) is 7.90. The number of rotatable bonds is 9. The number of benzene rings is 1. The highest BCUT2D eigenvalue weighted by Crippen LogP contribution is 2.32. The summed E-state index contributed by atoms with van der Waals surface area (Å²) in [6.07, 6.45) is 5.51. The quantitative estimate of drug-likeness (QED) is 0.372. The molecular weight excluding hydrogens is 480 g/mol. The van der Waals surface area contributed by atoms with Crippen LogP contribution >= 0.6 is 22.7 Å². The van der Waals surface area contributed by atoms with Crippen molar-refractivity contribution in [2.45, 2.75) is 57.5 Å². The van der Waals surface area contributed by atoms with Crippen LogP contribution in [0.4, 0.5) is 5.69 Å². The van der Waals surface area contributed by atoms with Crippen LogP contribution in [-0.4, -0.2) is 30.4 Å². The second-order valence-corrected chi connectivity index (χ2v) is 10.6. The van der Waals surface area contributed by atoms with Gasteiger partial charge in [-0.2, -0.15) is 0 Å². The lowest BCUT2D eigenvalue weighted by atomic mass is 9.95. The van der Waals surface area contributed by atoms with Gasteiger partial charge in [0.2, 0.25) is 11.8 Å². The first-order valence-corrected chi connectivity index (χ1v) is 13.8. The molecule has 0 spiro atoms. The predicted octanol–water partition coefficient (Wildman–Crippen LogP) is 5.75. The van der Waals surface area contributed by atoms with Gasteiger partial charge in [-0.05, 0) is 66.9 Å². The first-order chi connectivity index (χ1) is 17.1. The average Bonchev–Trinajstić information content (AvgIpc) is 3.58. The molecule has 0 unspecified atom stereocenters. The Balaban J connectivity index is 1.69. The van der Waals surface area contributed by atoms with E-state index in [0.717, 1.165) is 35.4 Å². The number of carbonyl (C=O) groups excluding carboxylic acids is 3. The summed E-state index contributed by atoms with van der Waals surface area (Å²) in [6, 6.07) is 13.7. The summed E-state index contributed by atoms with van der Waals surface area (Å²) in [5.41, 5.74) is 0.970. The van der Waals surface area contributed by atoms with E-state index in [1.165, 1.54) is 29.1 Å². The van der Waals surface area contributed by atoms with Gasteiger partial charge in [-0.3, -0.25) is 14.5 Å². The van der Waals surface area contributed by atoms with E-state index in [2.05, 4.69) is 5.32 Å². The maximum atomic E-state index is 13.7. The van der Waals surface area contributed by atoms with E-state index in [4.69, 9.17) is 4.74 Å². The molecule has 0 radical (unpaired) electrons. The first-order valence-electron chi connectivity index (χ1n) is 12.0. The van der Waals surface area contributed by atoms with E-state index in [-0.39, 0.29) is 30.9 Å². The van der Waals surface area contributed by atoms with Crippen LogP contribution in [0.2, 0.25) is 0 Å². The highest BCUT2D eigenvalue weighted by atomic mass is 32.1. The van der Waals surface area contributed by atoms with E-state index >= 15 is 0 Å². The molecule has 35 heavy (non-hydrogen) atoms. The normalized spacial score (nSPS) is 14.8. The molecule has 1 saturated carbocycles. The minimum atomic E-state index is -0.794. The lowest BCUT2D eigenvalue weighted by Gasteiger charge is -2.33. The largest absolute Gasteiger partial charge is 0.462 e. The number of nitrogens with zero attached hydrogens (tertiary/aromatic N) is 1. The van der Waals surface area contributed by atoms with Crippen LogP contribution < -0.4 is 10.2 Å². The molecule has 1 N–H and O–H groups in total. The maximum absolute atomic E-state index is 13.7. The molecular formula is C27H30N2O4S2. The van der Waals surface area contributed by atoms with E-state index in [0.29, 0.717) is 11.3 Å². The van der Waals surface area contributed by atoms with Crippen LogP contribution in [0.5, 0.6) is 0 Å². The van der Waals surface area contributed by atoms with Crippen LogP contribution in [0.25, 0.3) is 0 Å². The zero-order chi connectivity index (χ0) is 24.6. The van der Waals surface area contributed by atoms with Gasteiger partial charge in [-0.15, -0.1) is 22.7 Å². The van der Waals surface area contributed by atoms with Gasteiger partial charge in [0.25, 0.3) is 0 Å². The molecule has 2 amide bonds. The van der Waals surface area contributed by atoms with Gasteiger partial charge < -0.3 is 10.1 Å². The molecule has 2 heterocycles. The van der Waals surface area contributed by atoms with Crippen LogP contribution in [0, 0.1) is 0 Å². The number of thiophene rings is 2. The molecule has 4 rings (SSSR count). The Morgan fingerprint density at radius 3 is 2.34 bits per heavy atom. The standard InChI is InChI=1S/C27H30N2O4S2/c1-2-33-27(32)19-12-14-21(15-13-19)29(24(30)18-22-10-6-16-34-22)25(23-11-7-17-35-23)26(31)28-20-8-4-3-5-9-20/h6-7,10-17,20,25H,2-5,8-9,18H2,1H3,(H,28,31)/t25-/m1/s1. The molecule has 1 aliphatic rings. The number of esters is 1. The molecule has 3 aromatic rings. The molecule has 1 fully saturated rings. The minimum Gasteiger partial charge on any atom is -0.462 e. The first kappa shape index (κ1) is 25.1. The maximum Gasteiger partial charge on any atom is 0.338 e. The summed E-state index contributed by atoms with van der Waals surface area (Å²) >= 11 is 2.97. The highest BCUT2D eigenvalue weighted by Gasteiger charge is 2.35. The molecule has 6 nitrogen and oxygen atoms in total. The summed E-state index contributed by atoms with van der Waals surface area (Å²) in [5.74, 6) is -0.762. The topological polar surface area (TPSA) is 75.7 Å². The van der Waals surface area contributed by atoms with Crippen LogP contribution in [0.3, 0.4) is 0 Å². The van der Waals surface area contributed by atoms with Crippen molar-refractivity contribution in [1.29, 1.82) is 0 Å². The predicted molar refractivity (Wildman–Crippen MR) is 140 cm³/mol. The van der Waals surface area contributed by atoms with Crippen molar-refractivity contribution in [2.75, 3.05) is 11.5 Å². The zero-order valence-electron chi connectivity index (χ0n) is 19.8. The Kier molecular flexibility index (Phi) is 8.71. The third-order valence-electron chi connectivity index (χ3n) is 6.10. The average molecular weight is 511 g/mol. The summed E-state index contributed by atoms with van der Waals surface area (Å²) in [7, 11) is 0. The lowest BCUT2D eigenvalue weighted by Crippen LogP contribution is -2.47. The molecule has 1 atom stereocenters. The molecule has 8 heteroatoms. The summed E-state index contributed by atoms with van der Waals surface area (Å²) < 4.78 is 5.09. The van der Waals surface area contributed by atoms with Crippen LogP contribution in [-0.2, 0) is 20.7 Å². The van der Waals surface area contributed by atoms with E-state index in [9.17, 15) is 14.4 Å². The fraction of sp³-hybridized carbons (Fsp3) is 0.370. The lowest BCUT2D eigenvalue weighted by molar-refractivity contribution is -0.127. The molecule has 2 aromatic heterocycles. The second-order valence-electron chi connectivity index (χ2n) is 8.55. The Morgan fingerprint density at radius 2 is 1.71 bits per heavy atom. The molecule has 0 saturated heterocycles. The number of anilines is 1. The monoisotopic (exact) mass is 510 g/mol. The summed E-state index contributed by atoms with van der Waals surface area (Å²) in [6.45, 7) is 2.04. The fourth-order valence-corrected chi connectivity index (χ4v) is 5.91. The number of hydrogen-bond acceptors (Lipinski definition) is 6. The molecule has 0 bridgehead atoms. The Hall–Kier alpha value is -2.97. The number of nitrogens with one attached hydrogen (secondary N) is 1. The van der Waals surface area contributed by atoms with Crippen molar-refractivity contribution in [2.24, 2.45) is 0 Å². The van der Waals surface area contributed by atoms with Crippen molar-refractivity contribution >= 4 is 46.1 Å². The van der Waals surface area contributed by atoms with Crippen molar-refractivity contribution in [3.05, 3.63) is 74.6 Å². The summed E-state index contributed by atoms with van der Waals surface area (Å²) in [5, 5.41) is 7.08. The van der Waals surface area contributed by atoms with Gasteiger partial charge in [-0.1, -0.05) is 31.4 Å². The van der Waals surface area contributed by atoms with Gasteiger partial charge in [0, 0.05) is 21.5 Å². The fourth-order valence-electron chi connectivity index (χ4n) is 4.40. The molecule has 1 aromatic carbocycles. The Labute approximate surface area is 213 Å². The third kappa shape index (κ3) is 6.38. The van der Waals surface area contributed by atoms with E-state index in [1.807, 2.05) is 35.0 Å². The number of amides is 2. The van der Waals surface area contributed by atoms with E-state index < -0.39 is 12.0 Å². The number of hydrogen-bond donors (Lipinski definition) is 1. The van der Waals surface area contributed by atoms with E-state index in [1.54, 1.807) is 36.1 Å². The van der Waals surface area contributed by atoms with Gasteiger partial charge >= 0.3 is 5.97 Å². The van der Waals surface area contributed by atoms with Crippen molar-refractivity contribution in [3.63, 3.8) is 0 Å². The number of carbonyl (C=O) groups is 3. The highest BCUT2D eigenvalue weighted by molar-refractivity contribution is 7.10. The molecule has 1 aliphatic carbocycles. The van der Waals surface area contributed by atoms with Crippen LogP contribution in [0.15, 0.2) is 59.3 Å². The van der Waals surface area contributed by atoms with Crippen molar-refractivity contribution in [3.8, 4) is 0 Å².